The SMILES string of the molecule is C=C(C)C(=O)OC(CO)COC(C)CC[SiH](O[Si](C)(C)C)O[Si](C)(C)C. The van der Waals surface area contributed by atoms with E-state index in [4.69, 9.17) is 17.7 Å². The van der Waals surface area contributed by atoms with Gasteiger partial charge in [-0.1, -0.05) is 6.58 Å². The van der Waals surface area contributed by atoms with Gasteiger partial charge in [-0.3, -0.25) is 0 Å². The maximum absolute atomic E-state index is 11.5. The van der Waals surface area contributed by atoms with E-state index in [1.54, 1.807) is 6.92 Å². The molecule has 0 aromatic rings. The van der Waals surface area contributed by atoms with Gasteiger partial charge in [-0.15, -0.1) is 0 Å². The first-order chi connectivity index (χ1) is 11.7. The number of esters is 1. The van der Waals surface area contributed by atoms with E-state index >= 15 is 0 Å². The molecule has 0 saturated heterocycles. The number of ether oxygens (including phenoxy) is 2. The summed E-state index contributed by atoms with van der Waals surface area (Å²) >= 11 is 0. The highest BCUT2D eigenvalue weighted by atomic mass is 28.4. The normalized spacial score (nSPS) is 15.0. The molecule has 0 radical (unpaired) electrons. The molecule has 0 spiro atoms. The van der Waals surface area contributed by atoms with Gasteiger partial charge in [0.2, 0.25) is 0 Å². The van der Waals surface area contributed by atoms with Gasteiger partial charge in [0.25, 0.3) is 0 Å². The standard InChI is InChI=1S/C17H38O6Si3/c1-14(2)17(19)21-16(12-18)13-20-15(3)10-11-24(22-25(4,5)6)23-26(7,8)9/h15-16,18,24H,1,10-13H2,2-9H3. The minimum atomic E-state index is -1.74. The van der Waals surface area contributed by atoms with Crippen LogP contribution in [0.1, 0.15) is 20.3 Å². The number of aliphatic hydroxyl groups is 1. The molecule has 6 nitrogen and oxygen atoms in total. The van der Waals surface area contributed by atoms with Gasteiger partial charge < -0.3 is 22.8 Å². The van der Waals surface area contributed by atoms with Crippen molar-refractivity contribution >= 4 is 31.9 Å². The molecule has 0 fully saturated rings. The highest BCUT2D eigenvalue weighted by Crippen LogP contribution is 2.17. The van der Waals surface area contributed by atoms with Crippen LogP contribution < -0.4 is 0 Å². The monoisotopic (exact) mass is 422 g/mol. The fourth-order valence-electron chi connectivity index (χ4n) is 2.03. The second-order valence-electron chi connectivity index (χ2n) is 8.60. The first-order valence-electron chi connectivity index (χ1n) is 9.18. The van der Waals surface area contributed by atoms with Crippen LogP contribution in [-0.2, 0) is 22.5 Å². The molecule has 2 unspecified atom stereocenters. The molecule has 0 aromatic heterocycles. The van der Waals surface area contributed by atoms with Crippen molar-refractivity contribution in [3.8, 4) is 0 Å². The fraction of sp³-hybridized carbons (Fsp3) is 0.824. The molecule has 0 aliphatic rings. The van der Waals surface area contributed by atoms with Crippen LogP contribution in [0.2, 0.25) is 45.3 Å². The van der Waals surface area contributed by atoms with Crippen molar-refractivity contribution in [2.45, 2.75) is 77.8 Å². The van der Waals surface area contributed by atoms with Crippen LogP contribution in [0.25, 0.3) is 0 Å². The van der Waals surface area contributed by atoms with Gasteiger partial charge in [0.15, 0.2) is 16.6 Å². The fourth-order valence-corrected chi connectivity index (χ4v) is 10.7. The van der Waals surface area contributed by atoms with Crippen LogP contribution in [0, 0.1) is 0 Å². The summed E-state index contributed by atoms with van der Waals surface area (Å²) in [6, 6.07) is 0.880. The molecule has 0 amide bonds. The first kappa shape index (κ1) is 25.7. The number of hydrogen-bond acceptors (Lipinski definition) is 6. The third kappa shape index (κ3) is 13.8. The second kappa shape index (κ2) is 11.5. The Hall–Kier alpha value is -0.299. The van der Waals surface area contributed by atoms with Crippen LogP contribution in [0.4, 0.5) is 0 Å². The molecule has 0 aromatic carbocycles. The molecule has 154 valence electrons. The van der Waals surface area contributed by atoms with Crippen LogP contribution >= 0.6 is 0 Å². The number of carbonyl (C=O) groups is 1. The second-order valence-corrected chi connectivity index (χ2v) is 20.4. The molecule has 0 bridgehead atoms. The lowest BCUT2D eigenvalue weighted by atomic mass is 10.3. The van der Waals surface area contributed by atoms with E-state index < -0.39 is 38.0 Å². The predicted octanol–water partition coefficient (Wildman–Crippen LogP) is 3.19. The lowest BCUT2D eigenvalue weighted by molar-refractivity contribution is -0.151. The predicted molar refractivity (Wildman–Crippen MR) is 113 cm³/mol. The number of carbonyl (C=O) groups excluding carboxylic acids is 1. The number of hydrogen-bond donors (Lipinski definition) is 1. The summed E-state index contributed by atoms with van der Waals surface area (Å²) in [7, 11) is -5.02. The smallest absolute Gasteiger partial charge is 0.333 e. The summed E-state index contributed by atoms with van der Waals surface area (Å²) in [6.07, 6.45) is 0.113. The molecular weight excluding hydrogens is 384 g/mol. The molecule has 0 aliphatic heterocycles. The summed E-state index contributed by atoms with van der Waals surface area (Å²) in [5, 5.41) is 9.33. The Morgan fingerprint density at radius 2 is 1.62 bits per heavy atom. The van der Waals surface area contributed by atoms with Crippen LogP contribution in [0.3, 0.4) is 0 Å². The van der Waals surface area contributed by atoms with Gasteiger partial charge in [0.05, 0.1) is 19.3 Å². The van der Waals surface area contributed by atoms with Gasteiger partial charge in [-0.2, -0.15) is 0 Å². The first-order valence-corrected chi connectivity index (χ1v) is 17.8. The Labute approximate surface area is 163 Å². The molecule has 0 saturated carbocycles. The Kier molecular flexibility index (Phi) is 11.4. The van der Waals surface area contributed by atoms with Crippen molar-refractivity contribution in [2.75, 3.05) is 13.2 Å². The summed E-state index contributed by atoms with van der Waals surface area (Å²) in [5.74, 6) is -0.514. The average molecular weight is 423 g/mol. The van der Waals surface area contributed by atoms with Crippen molar-refractivity contribution < 1.29 is 27.6 Å². The molecule has 0 aliphatic carbocycles. The van der Waals surface area contributed by atoms with Gasteiger partial charge in [-0.05, 0) is 65.6 Å². The number of aliphatic hydroxyl groups excluding tert-OH is 1. The molecule has 0 heterocycles. The van der Waals surface area contributed by atoms with E-state index in [1.807, 2.05) is 6.92 Å². The molecule has 0 rings (SSSR count). The third-order valence-corrected chi connectivity index (χ3v) is 11.7. The largest absolute Gasteiger partial charge is 0.454 e. The average Bonchev–Trinajstić information content (AvgIpc) is 2.45. The Bertz CT molecular complexity index is 429. The zero-order chi connectivity index (χ0) is 20.5. The summed E-state index contributed by atoms with van der Waals surface area (Å²) in [5.41, 5.74) is 0.303. The molecule has 9 heteroatoms. The van der Waals surface area contributed by atoms with Gasteiger partial charge >= 0.3 is 15.3 Å². The zero-order valence-corrected chi connectivity index (χ0v) is 20.9. The quantitative estimate of drug-likeness (QED) is 0.279. The summed E-state index contributed by atoms with van der Waals surface area (Å²) in [6.45, 7) is 20.1. The van der Waals surface area contributed by atoms with Crippen LogP contribution in [0.15, 0.2) is 12.2 Å². The minimum Gasteiger partial charge on any atom is -0.454 e. The van der Waals surface area contributed by atoms with Crippen molar-refractivity contribution in [3.63, 3.8) is 0 Å². The van der Waals surface area contributed by atoms with Crippen LogP contribution in [0.5, 0.6) is 0 Å². The Balaban J connectivity index is 4.46. The summed E-state index contributed by atoms with van der Waals surface area (Å²) < 4.78 is 23.5. The van der Waals surface area contributed by atoms with E-state index in [0.29, 0.717) is 5.57 Å². The minimum absolute atomic E-state index is 0.0296. The van der Waals surface area contributed by atoms with E-state index in [0.717, 1.165) is 12.5 Å². The third-order valence-electron chi connectivity index (χ3n) is 3.17. The van der Waals surface area contributed by atoms with Crippen LogP contribution in [-0.4, -0.2) is 62.4 Å². The van der Waals surface area contributed by atoms with Gasteiger partial charge in [-0.25, -0.2) is 4.79 Å². The topological polar surface area (TPSA) is 74.2 Å². The number of rotatable bonds is 13. The lowest BCUT2D eigenvalue weighted by Crippen LogP contribution is -2.43. The Morgan fingerprint density at radius 1 is 1.12 bits per heavy atom. The van der Waals surface area contributed by atoms with Crippen molar-refractivity contribution in [1.82, 2.24) is 0 Å². The van der Waals surface area contributed by atoms with Crippen molar-refractivity contribution in [1.29, 1.82) is 0 Å². The van der Waals surface area contributed by atoms with Crippen molar-refractivity contribution in [3.05, 3.63) is 12.2 Å². The van der Waals surface area contributed by atoms with E-state index in [1.165, 1.54) is 0 Å². The van der Waals surface area contributed by atoms with Gasteiger partial charge in [0, 0.05) is 5.57 Å². The highest BCUT2D eigenvalue weighted by Gasteiger charge is 2.29. The van der Waals surface area contributed by atoms with Crippen molar-refractivity contribution in [2.24, 2.45) is 0 Å². The molecular formula is C17H38O6Si3. The highest BCUT2D eigenvalue weighted by molar-refractivity contribution is 6.81. The molecule has 1 N–H and O–H groups in total. The molecule has 2 atom stereocenters. The Morgan fingerprint density at radius 3 is 2.00 bits per heavy atom. The lowest BCUT2D eigenvalue weighted by Gasteiger charge is -2.31. The summed E-state index contributed by atoms with van der Waals surface area (Å²) in [4.78, 5) is 11.5. The van der Waals surface area contributed by atoms with E-state index in [2.05, 4.69) is 45.9 Å². The van der Waals surface area contributed by atoms with Gasteiger partial charge in [0.1, 0.15) is 6.10 Å². The molecule has 26 heavy (non-hydrogen) atoms. The van der Waals surface area contributed by atoms with E-state index in [-0.39, 0.29) is 19.3 Å². The maximum atomic E-state index is 11.5. The van der Waals surface area contributed by atoms with E-state index in [9.17, 15) is 9.90 Å². The zero-order valence-electron chi connectivity index (χ0n) is 17.8. The maximum Gasteiger partial charge on any atom is 0.333 e.